The van der Waals surface area contributed by atoms with Crippen LogP contribution >= 0.6 is 0 Å². The Labute approximate surface area is 195 Å². The Morgan fingerprint density at radius 3 is 2.58 bits per heavy atom. The monoisotopic (exact) mass is 448 g/mol. The Bertz CT molecular complexity index is 1080. The molecule has 0 saturated carbocycles. The second kappa shape index (κ2) is 9.15. The number of benzene rings is 2. The largest absolute Gasteiger partial charge is 0.497 e. The van der Waals surface area contributed by atoms with Crippen molar-refractivity contribution < 1.29 is 14.0 Å². The molecule has 7 nitrogen and oxygen atoms in total. The van der Waals surface area contributed by atoms with Crippen molar-refractivity contribution in [1.29, 1.82) is 0 Å². The smallest absolute Gasteiger partial charge is 0.257 e. The highest BCUT2D eigenvalue weighted by molar-refractivity contribution is 5.52. The molecule has 2 saturated heterocycles. The molecule has 0 amide bonds. The van der Waals surface area contributed by atoms with Crippen molar-refractivity contribution in [2.75, 3.05) is 40.9 Å². The fourth-order valence-corrected chi connectivity index (χ4v) is 5.40. The third kappa shape index (κ3) is 4.48. The Kier molecular flexibility index (Phi) is 6.08. The van der Waals surface area contributed by atoms with Gasteiger partial charge in [-0.15, -0.1) is 0 Å². The van der Waals surface area contributed by atoms with Crippen molar-refractivity contribution in [3.05, 3.63) is 59.9 Å². The number of likely N-dealkylation sites (tertiary alicyclic amines) is 2. The van der Waals surface area contributed by atoms with E-state index in [4.69, 9.17) is 19.0 Å². The zero-order valence-corrected chi connectivity index (χ0v) is 19.7. The lowest BCUT2D eigenvalue weighted by Crippen LogP contribution is -2.40. The van der Waals surface area contributed by atoms with Gasteiger partial charge >= 0.3 is 0 Å². The quantitative estimate of drug-likeness (QED) is 0.553. The van der Waals surface area contributed by atoms with Crippen LogP contribution in [0.25, 0.3) is 11.5 Å². The summed E-state index contributed by atoms with van der Waals surface area (Å²) in [4.78, 5) is 9.68. The second-order valence-electron chi connectivity index (χ2n) is 9.41. The maximum atomic E-state index is 5.60. The topological polar surface area (TPSA) is 63.9 Å². The molecule has 0 N–H and O–H groups in total. The molecule has 1 aromatic heterocycles. The Morgan fingerprint density at radius 2 is 1.85 bits per heavy atom. The number of methoxy groups -OCH3 is 2. The van der Waals surface area contributed by atoms with Gasteiger partial charge in [-0.25, -0.2) is 0 Å². The van der Waals surface area contributed by atoms with E-state index in [-0.39, 0.29) is 6.04 Å². The van der Waals surface area contributed by atoms with Crippen molar-refractivity contribution in [2.24, 2.45) is 5.41 Å². The summed E-state index contributed by atoms with van der Waals surface area (Å²) in [5, 5.41) is 4.34. The molecule has 3 aromatic rings. The average Bonchev–Trinajstić information content (AvgIpc) is 3.46. The van der Waals surface area contributed by atoms with Crippen LogP contribution < -0.4 is 9.47 Å². The normalized spacial score (nSPS) is 20.9. The van der Waals surface area contributed by atoms with E-state index in [1.807, 2.05) is 42.5 Å². The Balaban J connectivity index is 1.22. The molecule has 0 aliphatic carbocycles. The summed E-state index contributed by atoms with van der Waals surface area (Å²) >= 11 is 0. The SMILES string of the molecule is COc1ccc(CN2CCC3(CC2)CC(c2noc(-c4ccccc4)n2)N(C)C3)c(OC)c1. The maximum absolute atomic E-state index is 5.60. The van der Waals surface area contributed by atoms with Crippen molar-refractivity contribution in [3.8, 4) is 23.0 Å². The van der Waals surface area contributed by atoms with Gasteiger partial charge in [-0.3, -0.25) is 9.80 Å². The first-order valence-corrected chi connectivity index (χ1v) is 11.6. The molecular formula is C26H32N4O3. The minimum Gasteiger partial charge on any atom is -0.497 e. The first kappa shape index (κ1) is 21.9. The van der Waals surface area contributed by atoms with Gasteiger partial charge in [0.1, 0.15) is 11.5 Å². The fraction of sp³-hybridized carbons (Fsp3) is 0.462. The highest BCUT2D eigenvalue weighted by Crippen LogP contribution is 2.48. The van der Waals surface area contributed by atoms with Crippen molar-refractivity contribution >= 4 is 0 Å². The van der Waals surface area contributed by atoms with Crippen LogP contribution in [-0.4, -0.2) is 60.8 Å². The number of ether oxygens (including phenoxy) is 2. The van der Waals surface area contributed by atoms with Gasteiger partial charge in [-0.2, -0.15) is 4.98 Å². The van der Waals surface area contributed by atoms with Crippen LogP contribution in [0.4, 0.5) is 0 Å². The van der Waals surface area contributed by atoms with Crippen molar-refractivity contribution in [2.45, 2.75) is 31.8 Å². The zero-order chi connectivity index (χ0) is 22.8. The van der Waals surface area contributed by atoms with E-state index in [0.29, 0.717) is 11.3 Å². The van der Waals surface area contributed by atoms with Gasteiger partial charge in [0, 0.05) is 30.3 Å². The van der Waals surface area contributed by atoms with E-state index < -0.39 is 0 Å². The van der Waals surface area contributed by atoms with Gasteiger partial charge in [-0.1, -0.05) is 29.4 Å². The highest BCUT2D eigenvalue weighted by atomic mass is 16.5. The second-order valence-corrected chi connectivity index (χ2v) is 9.41. The van der Waals surface area contributed by atoms with Crippen LogP contribution in [0.15, 0.2) is 53.1 Å². The van der Waals surface area contributed by atoms with Gasteiger partial charge in [0.15, 0.2) is 5.82 Å². The highest BCUT2D eigenvalue weighted by Gasteiger charge is 2.46. The molecular weight excluding hydrogens is 416 g/mol. The number of nitrogens with zero attached hydrogens (tertiary/aromatic N) is 4. The van der Waals surface area contributed by atoms with Crippen LogP contribution in [0, 0.1) is 5.41 Å². The summed E-state index contributed by atoms with van der Waals surface area (Å²) in [7, 11) is 5.59. The summed E-state index contributed by atoms with van der Waals surface area (Å²) in [6, 6.07) is 16.3. The molecule has 1 atom stereocenters. The third-order valence-electron chi connectivity index (χ3n) is 7.31. The number of hydrogen-bond donors (Lipinski definition) is 0. The molecule has 33 heavy (non-hydrogen) atoms. The maximum Gasteiger partial charge on any atom is 0.257 e. The molecule has 2 aliphatic heterocycles. The lowest BCUT2D eigenvalue weighted by atomic mass is 9.76. The molecule has 0 radical (unpaired) electrons. The van der Waals surface area contributed by atoms with Crippen molar-refractivity contribution in [3.63, 3.8) is 0 Å². The lowest BCUT2D eigenvalue weighted by molar-refractivity contribution is 0.105. The van der Waals surface area contributed by atoms with Gasteiger partial charge in [0.05, 0.1) is 20.3 Å². The first-order valence-electron chi connectivity index (χ1n) is 11.6. The van der Waals surface area contributed by atoms with Crippen LogP contribution in [0.3, 0.4) is 0 Å². The minimum absolute atomic E-state index is 0.208. The molecule has 5 rings (SSSR count). The standard InChI is InChI=1S/C26H32N4O3/c1-29-18-26(16-22(29)24-27-25(33-28-24)19-7-5-4-6-8-19)11-13-30(14-12-26)17-20-9-10-21(31-2)15-23(20)32-3/h4-10,15,22H,11-14,16-18H2,1-3H3. The summed E-state index contributed by atoms with van der Waals surface area (Å²) in [5.41, 5.74) is 2.48. The summed E-state index contributed by atoms with van der Waals surface area (Å²) in [6.07, 6.45) is 3.43. The molecule has 2 fully saturated rings. The first-order chi connectivity index (χ1) is 16.1. The molecule has 1 unspecified atom stereocenters. The van der Waals surface area contributed by atoms with E-state index in [0.717, 1.165) is 55.5 Å². The predicted molar refractivity (Wildman–Crippen MR) is 126 cm³/mol. The molecule has 2 aliphatic rings. The van der Waals surface area contributed by atoms with Crippen molar-refractivity contribution in [1.82, 2.24) is 19.9 Å². The summed E-state index contributed by atoms with van der Waals surface area (Å²) in [5.74, 6) is 3.12. The summed E-state index contributed by atoms with van der Waals surface area (Å²) < 4.78 is 16.5. The molecule has 1 spiro atoms. The molecule has 0 bridgehead atoms. The number of piperidine rings is 1. The Hall–Kier alpha value is -2.90. The third-order valence-corrected chi connectivity index (χ3v) is 7.31. The van der Waals surface area contributed by atoms with Gasteiger partial charge in [-0.05, 0) is 63.0 Å². The molecule has 174 valence electrons. The lowest BCUT2D eigenvalue weighted by Gasteiger charge is -2.39. The van der Waals surface area contributed by atoms with E-state index in [2.05, 4.69) is 28.1 Å². The van der Waals surface area contributed by atoms with Crippen LogP contribution in [0.1, 0.15) is 36.7 Å². The van der Waals surface area contributed by atoms with Gasteiger partial charge < -0.3 is 14.0 Å². The summed E-state index contributed by atoms with van der Waals surface area (Å²) in [6.45, 7) is 4.13. The van der Waals surface area contributed by atoms with E-state index in [1.165, 1.54) is 18.4 Å². The van der Waals surface area contributed by atoms with E-state index in [9.17, 15) is 0 Å². The zero-order valence-electron chi connectivity index (χ0n) is 19.7. The number of aromatic nitrogens is 2. The predicted octanol–water partition coefficient (Wildman–Crippen LogP) is 4.41. The molecule has 2 aromatic carbocycles. The van der Waals surface area contributed by atoms with Crippen LogP contribution in [0.2, 0.25) is 0 Å². The fourth-order valence-electron chi connectivity index (χ4n) is 5.40. The average molecular weight is 449 g/mol. The molecule has 7 heteroatoms. The van der Waals surface area contributed by atoms with Crippen LogP contribution in [0.5, 0.6) is 11.5 Å². The molecule has 3 heterocycles. The Morgan fingerprint density at radius 1 is 1.06 bits per heavy atom. The van der Waals surface area contributed by atoms with Crippen LogP contribution in [-0.2, 0) is 6.54 Å². The van der Waals surface area contributed by atoms with E-state index >= 15 is 0 Å². The van der Waals surface area contributed by atoms with Gasteiger partial charge in [0.25, 0.3) is 5.89 Å². The van der Waals surface area contributed by atoms with E-state index in [1.54, 1.807) is 14.2 Å². The number of hydrogen-bond acceptors (Lipinski definition) is 7. The minimum atomic E-state index is 0.208. The number of rotatable bonds is 6. The van der Waals surface area contributed by atoms with Gasteiger partial charge in [0.2, 0.25) is 0 Å².